The third-order valence-corrected chi connectivity index (χ3v) is 4.86. The van der Waals surface area contributed by atoms with Gasteiger partial charge in [-0.1, -0.05) is 51.1 Å². The third kappa shape index (κ3) is 5.58. The summed E-state index contributed by atoms with van der Waals surface area (Å²) in [4.78, 5) is 0. The summed E-state index contributed by atoms with van der Waals surface area (Å²) in [7, 11) is 0. The van der Waals surface area contributed by atoms with Crippen LogP contribution in [0.25, 0.3) is 0 Å². The van der Waals surface area contributed by atoms with E-state index in [-0.39, 0.29) is 6.04 Å². The van der Waals surface area contributed by atoms with Crippen molar-refractivity contribution in [2.45, 2.75) is 52.0 Å². The first-order chi connectivity index (χ1) is 9.12. The van der Waals surface area contributed by atoms with Crippen molar-refractivity contribution in [1.82, 2.24) is 5.43 Å². The Kier molecular flexibility index (Phi) is 8.30. The number of hydrogen-bond acceptors (Lipinski definition) is 2. The molecule has 2 atom stereocenters. The van der Waals surface area contributed by atoms with Crippen molar-refractivity contribution < 1.29 is 0 Å². The summed E-state index contributed by atoms with van der Waals surface area (Å²) in [5.41, 5.74) is 4.18. The summed E-state index contributed by atoms with van der Waals surface area (Å²) < 4.78 is 1.22. The summed E-state index contributed by atoms with van der Waals surface area (Å²) >= 11 is 8.45. The molecule has 108 valence electrons. The lowest BCUT2D eigenvalue weighted by molar-refractivity contribution is 0.355. The minimum atomic E-state index is 0.187. The Bertz CT molecular complexity index is 384. The van der Waals surface area contributed by atoms with Crippen molar-refractivity contribution >= 4 is 34.2 Å². The molecule has 0 aliphatic rings. The number of hydrazine groups is 1. The van der Waals surface area contributed by atoms with Crippen LogP contribution in [0.15, 0.2) is 18.2 Å². The first-order valence-corrected chi connectivity index (χ1v) is 8.49. The van der Waals surface area contributed by atoms with E-state index in [4.69, 9.17) is 17.4 Å². The predicted molar refractivity (Wildman–Crippen MR) is 92.2 cm³/mol. The quantitative estimate of drug-likeness (QED) is 0.367. The lowest BCUT2D eigenvalue weighted by atomic mass is 9.89. The summed E-state index contributed by atoms with van der Waals surface area (Å²) in [6.07, 6.45) is 6.11. The van der Waals surface area contributed by atoms with Crippen molar-refractivity contribution in [1.29, 1.82) is 0 Å². The van der Waals surface area contributed by atoms with E-state index < -0.39 is 0 Å². The van der Waals surface area contributed by atoms with Crippen molar-refractivity contribution in [3.63, 3.8) is 0 Å². The highest BCUT2D eigenvalue weighted by Gasteiger charge is 2.18. The minimum Gasteiger partial charge on any atom is -0.271 e. The Morgan fingerprint density at radius 1 is 1.37 bits per heavy atom. The number of rotatable bonds is 8. The Morgan fingerprint density at radius 2 is 2.11 bits per heavy atom. The molecule has 0 spiro atoms. The van der Waals surface area contributed by atoms with Gasteiger partial charge in [-0.05, 0) is 58.7 Å². The van der Waals surface area contributed by atoms with Crippen LogP contribution < -0.4 is 11.3 Å². The van der Waals surface area contributed by atoms with Crippen LogP contribution in [0.3, 0.4) is 0 Å². The van der Waals surface area contributed by atoms with Gasteiger partial charge >= 0.3 is 0 Å². The number of benzene rings is 1. The fourth-order valence-electron chi connectivity index (χ4n) is 2.38. The zero-order chi connectivity index (χ0) is 14.3. The summed E-state index contributed by atoms with van der Waals surface area (Å²) in [6.45, 7) is 4.50. The van der Waals surface area contributed by atoms with Crippen molar-refractivity contribution in [3.8, 4) is 0 Å². The van der Waals surface area contributed by atoms with E-state index in [0.29, 0.717) is 0 Å². The molecular formula is C15H24ClIN2. The van der Waals surface area contributed by atoms with Gasteiger partial charge in [-0.15, -0.1) is 0 Å². The maximum absolute atomic E-state index is 6.10. The van der Waals surface area contributed by atoms with E-state index in [1.165, 1.54) is 34.8 Å². The van der Waals surface area contributed by atoms with Crippen molar-refractivity contribution in [3.05, 3.63) is 32.4 Å². The zero-order valence-electron chi connectivity index (χ0n) is 11.8. The maximum atomic E-state index is 6.10. The first-order valence-electron chi connectivity index (χ1n) is 7.03. The van der Waals surface area contributed by atoms with Crippen molar-refractivity contribution in [2.75, 3.05) is 0 Å². The van der Waals surface area contributed by atoms with E-state index >= 15 is 0 Å². The normalized spacial score (nSPS) is 14.4. The summed E-state index contributed by atoms with van der Waals surface area (Å²) in [6, 6.07) is 6.19. The number of unbranched alkanes of at least 4 members (excludes halogenated alkanes) is 1. The number of halogens is 2. The Balaban J connectivity index is 2.78. The van der Waals surface area contributed by atoms with E-state index in [1.807, 2.05) is 12.1 Å². The molecule has 0 fully saturated rings. The fourth-order valence-corrected chi connectivity index (χ4v) is 3.27. The Morgan fingerprint density at radius 3 is 2.68 bits per heavy atom. The van der Waals surface area contributed by atoms with Crippen LogP contribution in [0.5, 0.6) is 0 Å². The van der Waals surface area contributed by atoms with Gasteiger partial charge in [0.25, 0.3) is 0 Å². The smallest absolute Gasteiger partial charge is 0.0473 e. The second kappa shape index (κ2) is 9.16. The van der Waals surface area contributed by atoms with Crippen LogP contribution in [-0.2, 0) is 0 Å². The standard InChI is InChI=1S/C15H24ClIN2/c1-3-5-6-11(4-2)9-15(19-18)13-10-12(16)7-8-14(13)17/h7-8,10-11,15,19H,3-6,9,18H2,1-2H3. The molecule has 0 radical (unpaired) electrons. The molecule has 1 rings (SSSR count). The van der Waals surface area contributed by atoms with Gasteiger partial charge in [0, 0.05) is 14.6 Å². The lowest BCUT2D eigenvalue weighted by Gasteiger charge is -2.23. The molecule has 0 aliphatic carbocycles. The van der Waals surface area contributed by atoms with Crippen LogP contribution in [0, 0.1) is 9.49 Å². The summed E-state index contributed by atoms with van der Waals surface area (Å²) in [5.74, 6) is 6.48. The molecule has 2 nitrogen and oxygen atoms in total. The molecule has 2 unspecified atom stereocenters. The lowest BCUT2D eigenvalue weighted by Crippen LogP contribution is -2.30. The second-order valence-electron chi connectivity index (χ2n) is 5.04. The second-order valence-corrected chi connectivity index (χ2v) is 6.64. The van der Waals surface area contributed by atoms with Gasteiger partial charge in [-0.3, -0.25) is 11.3 Å². The number of hydrogen-bond donors (Lipinski definition) is 2. The Hall–Kier alpha value is 0.160. The van der Waals surface area contributed by atoms with Gasteiger partial charge in [0.05, 0.1) is 0 Å². The molecule has 3 N–H and O–H groups in total. The predicted octanol–water partition coefficient (Wildman–Crippen LogP) is 5.06. The van der Waals surface area contributed by atoms with Crippen LogP contribution in [0.2, 0.25) is 5.02 Å². The number of nitrogens with one attached hydrogen (secondary N) is 1. The molecule has 0 saturated carbocycles. The van der Waals surface area contributed by atoms with E-state index in [2.05, 4.69) is 47.9 Å². The van der Waals surface area contributed by atoms with E-state index in [9.17, 15) is 0 Å². The van der Waals surface area contributed by atoms with Gasteiger partial charge in [0.1, 0.15) is 0 Å². The molecule has 0 amide bonds. The third-order valence-electron chi connectivity index (χ3n) is 3.65. The van der Waals surface area contributed by atoms with Gasteiger partial charge in [0.2, 0.25) is 0 Å². The molecule has 0 bridgehead atoms. The molecular weight excluding hydrogens is 371 g/mol. The largest absolute Gasteiger partial charge is 0.271 e. The van der Waals surface area contributed by atoms with Crippen LogP contribution in [-0.4, -0.2) is 0 Å². The average molecular weight is 395 g/mol. The van der Waals surface area contributed by atoms with Crippen LogP contribution in [0.4, 0.5) is 0 Å². The fraction of sp³-hybridized carbons (Fsp3) is 0.600. The summed E-state index contributed by atoms with van der Waals surface area (Å²) in [5, 5.41) is 0.775. The molecule has 1 aromatic carbocycles. The molecule has 0 saturated heterocycles. The van der Waals surface area contributed by atoms with E-state index in [1.54, 1.807) is 0 Å². The highest BCUT2D eigenvalue weighted by Crippen LogP contribution is 2.30. The van der Waals surface area contributed by atoms with E-state index in [0.717, 1.165) is 17.4 Å². The molecule has 0 aliphatic heterocycles. The number of nitrogens with two attached hydrogens (primary N) is 1. The van der Waals surface area contributed by atoms with Gasteiger partial charge < -0.3 is 0 Å². The highest BCUT2D eigenvalue weighted by atomic mass is 127. The van der Waals surface area contributed by atoms with Gasteiger partial charge in [-0.25, -0.2) is 0 Å². The van der Waals surface area contributed by atoms with Crippen LogP contribution in [0.1, 0.15) is 57.6 Å². The highest BCUT2D eigenvalue weighted by molar-refractivity contribution is 14.1. The Labute approximate surface area is 135 Å². The van der Waals surface area contributed by atoms with Gasteiger partial charge in [-0.2, -0.15) is 0 Å². The van der Waals surface area contributed by atoms with Crippen LogP contribution >= 0.6 is 34.2 Å². The molecule has 0 aromatic heterocycles. The minimum absolute atomic E-state index is 0.187. The first kappa shape index (κ1) is 17.2. The molecule has 0 heterocycles. The average Bonchev–Trinajstić information content (AvgIpc) is 2.42. The zero-order valence-corrected chi connectivity index (χ0v) is 14.7. The topological polar surface area (TPSA) is 38.0 Å². The molecule has 4 heteroatoms. The molecule has 1 aromatic rings. The van der Waals surface area contributed by atoms with Gasteiger partial charge in [0.15, 0.2) is 0 Å². The monoisotopic (exact) mass is 394 g/mol. The SMILES string of the molecule is CCCCC(CC)CC(NN)c1cc(Cl)ccc1I. The molecule has 19 heavy (non-hydrogen) atoms. The maximum Gasteiger partial charge on any atom is 0.0473 e. The van der Waals surface area contributed by atoms with Crippen molar-refractivity contribution in [2.24, 2.45) is 11.8 Å².